The van der Waals surface area contributed by atoms with Crippen LogP contribution >= 0.6 is 11.6 Å². The Bertz CT molecular complexity index is 859. The maximum Gasteiger partial charge on any atom is 0.260 e. The minimum Gasteiger partial charge on any atom is -0.483 e. The molecule has 1 heterocycles. The zero-order chi connectivity index (χ0) is 20.8. The lowest BCUT2D eigenvalue weighted by atomic mass is 10.1. The molecule has 0 aliphatic carbocycles. The topological polar surface area (TPSA) is 61.9 Å². The van der Waals surface area contributed by atoms with Gasteiger partial charge in [-0.2, -0.15) is 0 Å². The van der Waals surface area contributed by atoms with Crippen LogP contribution in [0.3, 0.4) is 0 Å². The highest BCUT2D eigenvalue weighted by molar-refractivity contribution is 6.33. The lowest BCUT2D eigenvalue weighted by Crippen LogP contribution is -2.51. The zero-order valence-corrected chi connectivity index (χ0v) is 17.5. The Balaban J connectivity index is 1.43. The number of ether oxygens (including phenoxy) is 1. The van der Waals surface area contributed by atoms with Gasteiger partial charge < -0.3 is 15.0 Å². The minimum atomic E-state index is -0.115. The maximum absolute atomic E-state index is 12.5. The first-order chi connectivity index (χ1) is 13.9. The van der Waals surface area contributed by atoms with Crippen molar-refractivity contribution in [1.82, 2.24) is 9.80 Å². The summed E-state index contributed by atoms with van der Waals surface area (Å²) in [5.41, 5.74) is 2.65. The molecule has 0 spiro atoms. The average Bonchev–Trinajstić information content (AvgIpc) is 2.70. The van der Waals surface area contributed by atoms with E-state index >= 15 is 0 Å². The first-order valence-corrected chi connectivity index (χ1v) is 10.1. The fourth-order valence-corrected chi connectivity index (χ4v) is 3.55. The number of piperazine rings is 1. The second-order valence-electron chi connectivity index (χ2n) is 7.19. The van der Waals surface area contributed by atoms with Crippen molar-refractivity contribution in [3.05, 3.63) is 58.6 Å². The first kappa shape index (κ1) is 21.1. The molecule has 0 saturated carbocycles. The number of hydrogen-bond acceptors (Lipinski definition) is 4. The van der Waals surface area contributed by atoms with Crippen LogP contribution in [0.1, 0.15) is 11.1 Å². The number of carbonyl (C=O) groups excluding carboxylic acids is 2. The lowest BCUT2D eigenvalue weighted by Gasteiger charge is -2.34. The van der Waals surface area contributed by atoms with Crippen LogP contribution in [0.4, 0.5) is 5.69 Å². The molecular weight excluding hydrogens is 390 g/mol. The van der Waals surface area contributed by atoms with Crippen molar-refractivity contribution in [3.63, 3.8) is 0 Å². The van der Waals surface area contributed by atoms with Crippen LogP contribution in [0.25, 0.3) is 0 Å². The van der Waals surface area contributed by atoms with E-state index in [-0.39, 0.29) is 25.0 Å². The summed E-state index contributed by atoms with van der Waals surface area (Å²) < 4.78 is 5.77. The Hall–Kier alpha value is -2.57. The van der Waals surface area contributed by atoms with Crippen LogP contribution < -0.4 is 10.1 Å². The predicted molar refractivity (Wildman–Crippen MR) is 115 cm³/mol. The van der Waals surface area contributed by atoms with E-state index in [1.54, 1.807) is 17.0 Å². The Kier molecular flexibility index (Phi) is 7.12. The normalized spacial score (nSPS) is 14.5. The largest absolute Gasteiger partial charge is 0.483 e. The van der Waals surface area contributed by atoms with Gasteiger partial charge in [-0.05, 0) is 37.1 Å². The van der Waals surface area contributed by atoms with Gasteiger partial charge in [0.05, 0.1) is 17.3 Å². The number of anilines is 1. The smallest absolute Gasteiger partial charge is 0.260 e. The van der Waals surface area contributed by atoms with Crippen LogP contribution in [-0.4, -0.2) is 60.9 Å². The Morgan fingerprint density at radius 2 is 1.66 bits per heavy atom. The molecule has 1 fully saturated rings. The molecule has 0 aromatic heterocycles. The first-order valence-electron chi connectivity index (χ1n) is 9.67. The standard InChI is InChI=1S/C22H26ClN3O3/c1-16-6-5-7-17(2)22(16)29-15-21(28)26-12-10-25(11-13-26)14-20(27)24-19-9-4-3-8-18(19)23/h3-9H,10-15H2,1-2H3,(H,24,27). The van der Waals surface area contributed by atoms with Gasteiger partial charge in [-0.1, -0.05) is 41.9 Å². The summed E-state index contributed by atoms with van der Waals surface area (Å²) >= 11 is 6.07. The number of halogens is 1. The summed E-state index contributed by atoms with van der Waals surface area (Å²) in [4.78, 5) is 28.6. The van der Waals surface area contributed by atoms with Gasteiger partial charge in [0.2, 0.25) is 5.91 Å². The number of nitrogens with zero attached hydrogens (tertiary/aromatic N) is 2. The molecule has 2 aromatic carbocycles. The fourth-order valence-electron chi connectivity index (χ4n) is 3.36. The molecule has 0 unspecified atom stereocenters. The fraction of sp³-hybridized carbons (Fsp3) is 0.364. The Morgan fingerprint density at radius 1 is 1.00 bits per heavy atom. The number of para-hydroxylation sites is 2. The van der Waals surface area contributed by atoms with E-state index < -0.39 is 0 Å². The van der Waals surface area contributed by atoms with Gasteiger partial charge in [-0.25, -0.2) is 0 Å². The maximum atomic E-state index is 12.5. The monoisotopic (exact) mass is 415 g/mol. The van der Waals surface area contributed by atoms with E-state index in [1.165, 1.54) is 0 Å². The van der Waals surface area contributed by atoms with Crippen LogP contribution in [0.2, 0.25) is 5.02 Å². The van der Waals surface area contributed by atoms with E-state index in [1.807, 2.05) is 49.1 Å². The van der Waals surface area contributed by atoms with E-state index in [4.69, 9.17) is 16.3 Å². The van der Waals surface area contributed by atoms with Gasteiger partial charge in [0.25, 0.3) is 5.91 Å². The van der Waals surface area contributed by atoms with Gasteiger partial charge in [-0.3, -0.25) is 14.5 Å². The molecule has 0 bridgehead atoms. The van der Waals surface area contributed by atoms with Crippen molar-refractivity contribution in [2.24, 2.45) is 0 Å². The number of hydrogen-bond donors (Lipinski definition) is 1. The van der Waals surface area contributed by atoms with Crippen molar-refractivity contribution in [2.75, 3.05) is 44.6 Å². The third-order valence-corrected chi connectivity index (χ3v) is 5.32. The molecule has 3 rings (SSSR count). The molecule has 1 saturated heterocycles. The van der Waals surface area contributed by atoms with Crippen molar-refractivity contribution < 1.29 is 14.3 Å². The number of rotatable bonds is 6. The quantitative estimate of drug-likeness (QED) is 0.787. The van der Waals surface area contributed by atoms with Crippen molar-refractivity contribution >= 4 is 29.1 Å². The van der Waals surface area contributed by atoms with Gasteiger partial charge in [0.15, 0.2) is 6.61 Å². The summed E-state index contributed by atoms with van der Waals surface area (Å²) in [6.45, 7) is 6.68. The molecule has 7 heteroatoms. The predicted octanol–water partition coefficient (Wildman–Crippen LogP) is 3.12. The minimum absolute atomic E-state index is 0.0265. The Morgan fingerprint density at radius 3 is 2.31 bits per heavy atom. The van der Waals surface area contributed by atoms with Crippen LogP contribution in [0.5, 0.6) is 5.75 Å². The summed E-state index contributed by atoms with van der Waals surface area (Å²) in [7, 11) is 0. The number of benzene rings is 2. The molecule has 2 amide bonds. The van der Waals surface area contributed by atoms with E-state index in [0.29, 0.717) is 36.9 Å². The SMILES string of the molecule is Cc1cccc(C)c1OCC(=O)N1CCN(CC(=O)Nc2ccccc2Cl)CC1. The molecule has 0 atom stereocenters. The summed E-state index contributed by atoms with van der Waals surface area (Å²) in [6, 6.07) is 13.1. The molecule has 2 aromatic rings. The van der Waals surface area contributed by atoms with Crippen LogP contribution in [0, 0.1) is 13.8 Å². The van der Waals surface area contributed by atoms with Crippen LogP contribution in [0.15, 0.2) is 42.5 Å². The second-order valence-corrected chi connectivity index (χ2v) is 7.60. The van der Waals surface area contributed by atoms with Gasteiger partial charge >= 0.3 is 0 Å². The molecule has 1 aliphatic heterocycles. The molecular formula is C22H26ClN3O3. The average molecular weight is 416 g/mol. The van der Waals surface area contributed by atoms with E-state index in [9.17, 15) is 9.59 Å². The summed E-state index contributed by atoms with van der Waals surface area (Å²) in [6.07, 6.45) is 0. The number of aryl methyl sites for hydroxylation is 2. The Labute approximate surface area is 176 Å². The molecule has 6 nitrogen and oxygen atoms in total. The third-order valence-electron chi connectivity index (χ3n) is 4.99. The van der Waals surface area contributed by atoms with Gasteiger partial charge in [-0.15, -0.1) is 0 Å². The number of carbonyl (C=O) groups is 2. The summed E-state index contributed by atoms with van der Waals surface area (Å²) in [5, 5.41) is 3.34. The van der Waals surface area contributed by atoms with Gasteiger partial charge in [0.1, 0.15) is 5.75 Å². The van der Waals surface area contributed by atoms with Crippen molar-refractivity contribution in [1.29, 1.82) is 0 Å². The molecule has 154 valence electrons. The van der Waals surface area contributed by atoms with Crippen LogP contribution in [-0.2, 0) is 9.59 Å². The number of nitrogens with one attached hydrogen (secondary N) is 1. The third kappa shape index (κ3) is 5.71. The summed E-state index contributed by atoms with van der Waals surface area (Å²) in [5.74, 6) is 0.625. The number of amides is 2. The molecule has 1 N–H and O–H groups in total. The van der Waals surface area contributed by atoms with E-state index in [0.717, 1.165) is 16.9 Å². The second kappa shape index (κ2) is 9.76. The highest BCUT2D eigenvalue weighted by Gasteiger charge is 2.23. The van der Waals surface area contributed by atoms with Crippen molar-refractivity contribution in [2.45, 2.75) is 13.8 Å². The van der Waals surface area contributed by atoms with Crippen molar-refractivity contribution in [3.8, 4) is 5.75 Å². The molecule has 0 radical (unpaired) electrons. The highest BCUT2D eigenvalue weighted by Crippen LogP contribution is 2.22. The molecule has 29 heavy (non-hydrogen) atoms. The zero-order valence-electron chi connectivity index (χ0n) is 16.8. The lowest BCUT2D eigenvalue weighted by molar-refractivity contribution is -0.135. The highest BCUT2D eigenvalue weighted by atomic mass is 35.5. The van der Waals surface area contributed by atoms with Gasteiger partial charge in [0, 0.05) is 26.2 Å². The van der Waals surface area contributed by atoms with E-state index in [2.05, 4.69) is 5.32 Å². The molecule has 1 aliphatic rings.